The smallest absolute Gasteiger partial charge is 0.222 e. The zero-order valence-corrected chi connectivity index (χ0v) is 14.5. The van der Waals surface area contributed by atoms with Gasteiger partial charge in [-0.05, 0) is 20.3 Å². The Kier molecular flexibility index (Phi) is 8.98. The Labute approximate surface area is 148 Å². The number of nitrogens with two attached hydrogens (primary N) is 4. The molecule has 10 N–H and O–H groups in total. The lowest BCUT2D eigenvalue weighted by Gasteiger charge is -2.34. The molecule has 0 radical (unpaired) electrons. The molecule has 0 aliphatic rings. The molecule has 0 rings (SSSR count). The molecule has 25 heavy (non-hydrogen) atoms. The first kappa shape index (κ1) is 21.6. The molecule has 0 heterocycles. The quantitative estimate of drug-likeness (QED) is 0.192. The number of hydrogen-bond acceptors (Lipinski definition) is 2. The molecule has 0 fully saturated rings. The average Bonchev–Trinajstić information content (AvgIpc) is 2.48. The minimum atomic E-state index is -0.226. The van der Waals surface area contributed by atoms with E-state index in [-0.39, 0.29) is 49.0 Å². The molecule has 0 aromatic carbocycles. The van der Waals surface area contributed by atoms with Gasteiger partial charge in [0.05, 0.1) is 13.1 Å². The molecule has 10 heteroatoms. The predicted molar refractivity (Wildman–Crippen MR) is 102 cm³/mol. The second kappa shape index (κ2) is 10.4. The van der Waals surface area contributed by atoms with Gasteiger partial charge in [0.15, 0.2) is 11.9 Å². The van der Waals surface area contributed by atoms with Gasteiger partial charge in [-0.3, -0.25) is 10.8 Å². The molecule has 0 spiro atoms. The average molecular weight is 346 g/mol. The van der Waals surface area contributed by atoms with E-state index in [2.05, 4.69) is 21.8 Å². The van der Waals surface area contributed by atoms with E-state index in [0.717, 1.165) is 0 Å². The zero-order chi connectivity index (χ0) is 19.6. The molecule has 0 saturated heterocycles. The fourth-order valence-electron chi connectivity index (χ4n) is 2.20. The van der Waals surface area contributed by atoms with Crippen LogP contribution >= 0.6 is 0 Å². The van der Waals surface area contributed by atoms with Crippen molar-refractivity contribution in [2.24, 2.45) is 32.9 Å². The second-order valence-electron chi connectivity index (χ2n) is 5.32. The molecule has 0 aromatic rings. The minimum absolute atomic E-state index is 0.138. The van der Waals surface area contributed by atoms with Crippen molar-refractivity contribution in [3.05, 3.63) is 0 Å². The Morgan fingerprint density at radius 1 is 0.880 bits per heavy atom. The van der Waals surface area contributed by atoms with E-state index in [1.165, 1.54) is 0 Å². The summed E-state index contributed by atoms with van der Waals surface area (Å²) < 4.78 is 0. The summed E-state index contributed by atoms with van der Waals surface area (Å²) in [6.07, 6.45) is 11.2. The maximum atomic E-state index is 7.96. The molecule has 0 bridgehead atoms. The highest BCUT2D eigenvalue weighted by molar-refractivity contribution is 5.92. The monoisotopic (exact) mass is 346 g/mol. The first-order chi connectivity index (χ1) is 11.6. The fourth-order valence-corrected chi connectivity index (χ4v) is 2.20. The van der Waals surface area contributed by atoms with Gasteiger partial charge in [-0.25, -0.2) is 0 Å². The summed E-state index contributed by atoms with van der Waals surface area (Å²) in [4.78, 5) is 10.6. The minimum Gasteiger partial charge on any atom is -0.370 e. The van der Waals surface area contributed by atoms with Crippen molar-refractivity contribution in [2.45, 2.75) is 32.4 Å². The van der Waals surface area contributed by atoms with E-state index < -0.39 is 0 Å². The summed E-state index contributed by atoms with van der Waals surface area (Å²) in [5.41, 5.74) is 21.3. The van der Waals surface area contributed by atoms with E-state index in [0.29, 0.717) is 6.42 Å². The number of nitrogens with one attached hydrogen (secondary N) is 2. The lowest BCUT2D eigenvalue weighted by molar-refractivity contribution is 0.257. The summed E-state index contributed by atoms with van der Waals surface area (Å²) in [6.45, 7) is 4.04. The van der Waals surface area contributed by atoms with Crippen LogP contribution in [0.1, 0.15) is 20.3 Å². The Hall–Kier alpha value is -3.40. The van der Waals surface area contributed by atoms with Crippen LogP contribution in [0.4, 0.5) is 0 Å². The van der Waals surface area contributed by atoms with E-state index in [4.69, 9.17) is 46.6 Å². The van der Waals surface area contributed by atoms with Crippen molar-refractivity contribution in [3.8, 4) is 24.7 Å². The van der Waals surface area contributed by atoms with E-state index in [1.54, 1.807) is 9.80 Å². The third-order valence-corrected chi connectivity index (χ3v) is 3.28. The van der Waals surface area contributed by atoms with Gasteiger partial charge in [0.1, 0.15) is 0 Å². The Morgan fingerprint density at radius 2 is 1.20 bits per heavy atom. The first-order valence-corrected chi connectivity index (χ1v) is 7.40. The van der Waals surface area contributed by atoms with Gasteiger partial charge in [-0.15, -0.1) is 12.8 Å². The van der Waals surface area contributed by atoms with Crippen molar-refractivity contribution < 1.29 is 0 Å². The highest BCUT2D eigenvalue weighted by Gasteiger charge is 2.23. The van der Waals surface area contributed by atoms with Gasteiger partial charge in [-0.1, -0.05) is 11.8 Å². The fraction of sp³-hybridized carbons (Fsp3) is 0.467. The molecule has 0 saturated carbocycles. The van der Waals surface area contributed by atoms with Gasteiger partial charge in [0, 0.05) is 12.1 Å². The molecule has 2 atom stereocenters. The van der Waals surface area contributed by atoms with Crippen LogP contribution in [0.15, 0.2) is 9.98 Å². The van der Waals surface area contributed by atoms with Crippen LogP contribution in [0.5, 0.6) is 0 Å². The summed E-state index contributed by atoms with van der Waals surface area (Å²) in [7, 11) is 0. The summed E-state index contributed by atoms with van der Waals surface area (Å²) in [5, 5.41) is 15.9. The molecule has 2 unspecified atom stereocenters. The van der Waals surface area contributed by atoms with Crippen LogP contribution in [-0.2, 0) is 0 Å². The maximum absolute atomic E-state index is 7.96. The van der Waals surface area contributed by atoms with Gasteiger partial charge in [-0.2, -0.15) is 9.98 Å². The van der Waals surface area contributed by atoms with Crippen LogP contribution in [0, 0.1) is 35.5 Å². The van der Waals surface area contributed by atoms with E-state index in [9.17, 15) is 0 Å². The van der Waals surface area contributed by atoms with Gasteiger partial charge in [0.2, 0.25) is 11.9 Å². The van der Waals surface area contributed by atoms with E-state index >= 15 is 0 Å². The van der Waals surface area contributed by atoms with Crippen LogP contribution in [0.25, 0.3) is 0 Å². The highest BCUT2D eigenvalue weighted by atomic mass is 15.3. The van der Waals surface area contributed by atoms with Crippen molar-refractivity contribution in [3.63, 3.8) is 0 Å². The number of aliphatic imine (C=N–C) groups is 2. The third kappa shape index (κ3) is 7.61. The number of rotatable bonds is 6. The number of nitrogens with zero attached hydrogens (tertiary/aromatic N) is 4. The summed E-state index contributed by atoms with van der Waals surface area (Å²) >= 11 is 0. The standard InChI is InChI=1S/C15H26N10/c1-5-7-24(14(20)22-12(16)17)10(3)9-11(4)25(8-6-2)15(21)23-13(18)19/h1-2,10-11H,7-9H2,3-4H3,(H5,16,17,20,22)(H5,18,19,21,23). The Morgan fingerprint density at radius 3 is 1.44 bits per heavy atom. The molecule has 0 aliphatic carbocycles. The number of terminal acetylenes is 2. The maximum Gasteiger partial charge on any atom is 0.222 e. The predicted octanol–water partition coefficient (Wildman–Crippen LogP) is -1.56. The first-order valence-electron chi connectivity index (χ1n) is 7.40. The van der Waals surface area contributed by atoms with Gasteiger partial charge >= 0.3 is 0 Å². The molecule has 0 amide bonds. The molecule has 10 nitrogen and oxygen atoms in total. The summed E-state index contributed by atoms with van der Waals surface area (Å²) in [6, 6.07) is -0.400. The molecular formula is C15H26N10. The summed E-state index contributed by atoms with van der Waals surface area (Å²) in [5.74, 6) is 4.21. The topological polar surface area (TPSA) is 183 Å². The van der Waals surface area contributed by atoms with Crippen LogP contribution < -0.4 is 22.9 Å². The Bertz CT molecular complexity index is 559. The Balaban J connectivity index is 5.27. The van der Waals surface area contributed by atoms with Gasteiger partial charge < -0.3 is 32.7 Å². The molecule has 0 aromatic heterocycles. The number of hydrogen-bond donors (Lipinski definition) is 6. The van der Waals surface area contributed by atoms with Crippen molar-refractivity contribution in [1.82, 2.24) is 9.80 Å². The normalized spacial score (nSPS) is 11.8. The van der Waals surface area contributed by atoms with E-state index in [1.807, 2.05) is 13.8 Å². The highest BCUT2D eigenvalue weighted by Crippen LogP contribution is 2.13. The third-order valence-electron chi connectivity index (χ3n) is 3.28. The SMILES string of the molecule is C#CCN(C(=N)N=C(N)N)C(C)CC(C)N(CC#C)C(=N)N=C(N)N. The molecule has 0 aliphatic heterocycles. The largest absolute Gasteiger partial charge is 0.370 e. The van der Waals surface area contributed by atoms with Gasteiger partial charge in [0.25, 0.3) is 0 Å². The molecule has 136 valence electrons. The zero-order valence-electron chi connectivity index (χ0n) is 14.5. The molecular weight excluding hydrogens is 320 g/mol. The lowest BCUT2D eigenvalue weighted by atomic mass is 10.1. The number of guanidine groups is 4. The van der Waals surface area contributed by atoms with Crippen LogP contribution in [0.3, 0.4) is 0 Å². The van der Waals surface area contributed by atoms with Crippen molar-refractivity contribution >= 4 is 23.8 Å². The van der Waals surface area contributed by atoms with Crippen molar-refractivity contribution in [1.29, 1.82) is 10.8 Å². The second-order valence-corrected chi connectivity index (χ2v) is 5.32. The van der Waals surface area contributed by atoms with Crippen LogP contribution in [-0.4, -0.2) is 58.8 Å². The van der Waals surface area contributed by atoms with Crippen molar-refractivity contribution in [2.75, 3.05) is 13.1 Å². The lowest BCUT2D eigenvalue weighted by Crippen LogP contribution is -2.45. The van der Waals surface area contributed by atoms with Crippen LogP contribution in [0.2, 0.25) is 0 Å².